The zero-order valence-electron chi connectivity index (χ0n) is 11.9. The second-order valence-corrected chi connectivity index (χ2v) is 4.62. The Morgan fingerprint density at radius 2 is 2.15 bits per heavy atom. The van der Waals surface area contributed by atoms with Gasteiger partial charge in [-0.25, -0.2) is 0 Å². The third kappa shape index (κ3) is 2.91. The molecular weight excluding hydrogens is 246 g/mol. The van der Waals surface area contributed by atoms with Crippen molar-refractivity contribution in [2.45, 2.75) is 20.0 Å². The Kier molecular flexibility index (Phi) is 4.97. The van der Waals surface area contributed by atoms with Gasteiger partial charge in [0.2, 0.25) is 0 Å². The molecule has 0 amide bonds. The lowest BCUT2D eigenvalue weighted by Gasteiger charge is -2.10. The van der Waals surface area contributed by atoms with Crippen LogP contribution in [0.4, 0.5) is 0 Å². The van der Waals surface area contributed by atoms with Gasteiger partial charge in [0, 0.05) is 5.57 Å². The van der Waals surface area contributed by atoms with Crippen molar-refractivity contribution < 1.29 is 4.74 Å². The molecule has 1 heterocycles. The Morgan fingerprint density at radius 1 is 1.35 bits per heavy atom. The van der Waals surface area contributed by atoms with Gasteiger partial charge in [-0.3, -0.25) is 0 Å². The van der Waals surface area contributed by atoms with Gasteiger partial charge in [-0.05, 0) is 42.7 Å². The molecule has 0 spiro atoms. The van der Waals surface area contributed by atoms with Gasteiger partial charge in [-0.2, -0.15) is 0 Å². The van der Waals surface area contributed by atoms with Crippen molar-refractivity contribution in [2.75, 3.05) is 6.54 Å². The first kappa shape index (κ1) is 14.4. The smallest absolute Gasteiger partial charge is 0.127 e. The molecule has 0 radical (unpaired) electrons. The molecule has 0 saturated heterocycles. The zero-order valence-corrected chi connectivity index (χ0v) is 11.9. The molecule has 0 aromatic heterocycles. The summed E-state index contributed by atoms with van der Waals surface area (Å²) in [4.78, 5) is 0. The molecule has 0 bridgehead atoms. The fourth-order valence-electron chi connectivity index (χ4n) is 2.38. The summed E-state index contributed by atoms with van der Waals surface area (Å²) in [6.07, 6.45) is 8.90. The Labute approximate surface area is 120 Å². The second kappa shape index (κ2) is 6.92. The first-order valence-corrected chi connectivity index (χ1v) is 6.93. The molecule has 1 aliphatic heterocycles. The Hall–Kier alpha value is -2.06. The molecular formula is C18H21NO. The van der Waals surface area contributed by atoms with Crippen LogP contribution in [0.2, 0.25) is 0 Å². The number of hydrogen-bond donors (Lipinski definition) is 1. The van der Waals surface area contributed by atoms with Gasteiger partial charge in [-0.1, -0.05) is 49.1 Å². The Morgan fingerprint density at radius 3 is 2.85 bits per heavy atom. The third-order valence-electron chi connectivity index (χ3n) is 3.28. The van der Waals surface area contributed by atoms with Crippen molar-refractivity contribution in [3.63, 3.8) is 0 Å². The van der Waals surface area contributed by atoms with E-state index >= 15 is 0 Å². The summed E-state index contributed by atoms with van der Waals surface area (Å²) in [7, 11) is 0. The van der Waals surface area contributed by atoms with E-state index in [2.05, 4.69) is 36.9 Å². The van der Waals surface area contributed by atoms with E-state index in [1.807, 2.05) is 19.1 Å². The molecule has 1 aromatic rings. The largest absolute Gasteiger partial charge is 0.488 e. The van der Waals surface area contributed by atoms with Crippen LogP contribution in [0.25, 0.3) is 5.57 Å². The Bertz CT molecular complexity index is 579. The lowest BCUT2D eigenvalue weighted by molar-refractivity contribution is 0.211. The van der Waals surface area contributed by atoms with Crippen LogP contribution in [0.3, 0.4) is 0 Å². The molecule has 2 nitrogen and oxygen atoms in total. The molecule has 0 aliphatic carbocycles. The van der Waals surface area contributed by atoms with Crippen LogP contribution in [-0.4, -0.2) is 6.54 Å². The van der Waals surface area contributed by atoms with E-state index < -0.39 is 0 Å². The summed E-state index contributed by atoms with van der Waals surface area (Å²) in [5.74, 6) is 0.822. The van der Waals surface area contributed by atoms with E-state index in [0.29, 0.717) is 13.2 Å². The lowest BCUT2D eigenvalue weighted by Crippen LogP contribution is -1.98. The van der Waals surface area contributed by atoms with Gasteiger partial charge in [0.1, 0.15) is 12.4 Å². The third-order valence-corrected chi connectivity index (χ3v) is 3.28. The minimum atomic E-state index is 0.568. The molecule has 1 aromatic carbocycles. The van der Waals surface area contributed by atoms with E-state index in [9.17, 15) is 0 Å². The normalized spacial score (nSPS) is 17.0. The van der Waals surface area contributed by atoms with Crippen molar-refractivity contribution in [3.05, 3.63) is 77.6 Å². The Balaban J connectivity index is 2.63. The van der Waals surface area contributed by atoms with Gasteiger partial charge in [0.15, 0.2) is 0 Å². The highest BCUT2D eigenvalue weighted by atomic mass is 16.5. The first-order chi connectivity index (χ1) is 9.81. The zero-order chi connectivity index (χ0) is 14.4. The SMILES string of the molecule is C=CC1=C(/C=C\C)/C(=C/CCN)c2ccccc2CO1. The van der Waals surface area contributed by atoms with Crippen molar-refractivity contribution >= 4 is 5.57 Å². The summed E-state index contributed by atoms with van der Waals surface area (Å²) in [6.45, 7) is 7.08. The van der Waals surface area contributed by atoms with Crippen molar-refractivity contribution in [3.8, 4) is 0 Å². The number of benzene rings is 1. The van der Waals surface area contributed by atoms with E-state index in [0.717, 1.165) is 17.8 Å². The standard InChI is InChI=1S/C18H21NO/c1-3-8-17-16(11-7-12-19)15-10-6-5-9-14(15)13-20-18(17)4-2/h3-6,8-11H,2,7,12-13,19H2,1H3/b8-3-,16-11+. The molecule has 20 heavy (non-hydrogen) atoms. The van der Waals surface area contributed by atoms with Gasteiger partial charge in [0.25, 0.3) is 0 Å². The van der Waals surface area contributed by atoms with Gasteiger partial charge in [0.05, 0.1) is 0 Å². The predicted molar refractivity (Wildman–Crippen MR) is 84.9 cm³/mol. The summed E-state index contributed by atoms with van der Waals surface area (Å²) >= 11 is 0. The van der Waals surface area contributed by atoms with E-state index in [4.69, 9.17) is 10.5 Å². The molecule has 0 atom stereocenters. The summed E-state index contributed by atoms with van der Waals surface area (Å²) in [6, 6.07) is 8.33. The van der Waals surface area contributed by atoms with Crippen LogP contribution in [0.5, 0.6) is 0 Å². The highest BCUT2D eigenvalue weighted by molar-refractivity contribution is 5.84. The molecule has 2 N–H and O–H groups in total. The highest BCUT2D eigenvalue weighted by Crippen LogP contribution is 2.34. The van der Waals surface area contributed by atoms with Gasteiger partial charge in [-0.15, -0.1) is 0 Å². The molecule has 0 saturated carbocycles. The average Bonchev–Trinajstić information content (AvgIpc) is 2.63. The molecule has 0 fully saturated rings. The van der Waals surface area contributed by atoms with Crippen molar-refractivity contribution in [1.29, 1.82) is 0 Å². The number of ether oxygens (including phenoxy) is 1. The van der Waals surface area contributed by atoms with Gasteiger partial charge >= 0.3 is 0 Å². The van der Waals surface area contributed by atoms with Crippen molar-refractivity contribution in [2.24, 2.45) is 5.73 Å². The summed E-state index contributed by atoms with van der Waals surface area (Å²) < 4.78 is 5.89. The highest BCUT2D eigenvalue weighted by Gasteiger charge is 2.18. The maximum absolute atomic E-state index is 5.89. The number of nitrogens with two attached hydrogens (primary N) is 1. The van der Waals surface area contributed by atoms with Crippen LogP contribution in [0, 0.1) is 0 Å². The summed E-state index contributed by atoms with van der Waals surface area (Å²) in [5.41, 5.74) is 10.3. The quantitative estimate of drug-likeness (QED) is 0.896. The second-order valence-electron chi connectivity index (χ2n) is 4.62. The summed E-state index contributed by atoms with van der Waals surface area (Å²) in [5, 5.41) is 0. The van der Waals surface area contributed by atoms with E-state index in [1.54, 1.807) is 6.08 Å². The number of hydrogen-bond acceptors (Lipinski definition) is 2. The van der Waals surface area contributed by atoms with Crippen LogP contribution < -0.4 is 5.73 Å². The molecule has 0 unspecified atom stereocenters. The number of allylic oxidation sites excluding steroid dienone is 5. The van der Waals surface area contributed by atoms with Crippen LogP contribution >= 0.6 is 0 Å². The lowest BCUT2D eigenvalue weighted by atomic mass is 9.92. The van der Waals surface area contributed by atoms with Crippen LogP contribution in [0.15, 0.2) is 66.5 Å². The monoisotopic (exact) mass is 267 g/mol. The van der Waals surface area contributed by atoms with E-state index in [1.165, 1.54) is 16.7 Å². The maximum Gasteiger partial charge on any atom is 0.127 e. The number of rotatable bonds is 4. The molecule has 104 valence electrons. The minimum absolute atomic E-state index is 0.568. The fraction of sp³-hybridized carbons (Fsp3) is 0.222. The van der Waals surface area contributed by atoms with Crippen LogP contribution in [-0.2, 0) is 11.3 Å². The van der Waals surface area contributed by atoms with Crippen molar-refractivity contribution in [1.82, 2.24) is 0 Å². The minimum Gasteiger partial charge on any atom is -0.488 e. The average molecular weight is 267 g/mol. The van der Waals surface area contributed by atoms with Gasteiger partial charge < -0.3 is 10.5 Å². The topological polar surface area (TPSA) is 35.2 Å². The number of fused-ring (bicyclic) bond motifs is 1. The molecule has 2 rings (SSSR count). The fourth-order valence-corrected chi connectivity index (χ4v) is 2.38. The predicted octanol–water partition coefficient (Wildman–Crippen LogP) is 3.97. The molecule has 1 aliphatic rings. The van der Waals surface area contributed by atoms with E-state index in [-0.39, 0.29) is 0 Å². The van der Waals surface area contributed by atoms with Crippen LogP contribution in [0.1, 0.15) is 24.5 Å². The maximum atomic E-state index is 5.89. The molecule has 2 heteroatoms. The first-order valence-electron chi connectivity index (χ1n) is 6.93.